The topological polar surface area (TPSA) is 81.4 Å². The Morgan fingerprint density at radius 1 is 1.35 bits per heavy atom. The molecular formula is C13H16F2N2O3. The molecule has 0 aliphatic heterocycles. The molecule has 7 heteroatoms. The number of ether oxygens (including phenoxy) is 1. The number of rotatable bonds is 5. The van der Waals surface area contributed by atoms with Crippen LogP contribution in [0.2, 0.25) is 0 Å². The molecule has 0 aromatic heterocycles. The van der Waals surface area contributed by atoms with Crippen molar-refractivity contribution in [2.45, 2.75) is 25.8 Å². The third-order valence-electron chi connectivity index (χ3n) is 2.66. The van der Waals surface area contributed by atoms with E-state index in [1.54, 1.807) is 0 Å². The third-order valence-corrected chi connectivity index (χ3v) is 2.66. The standard InChI is InChI=1S/C13H16F2N2O3/c1-3-4-10(16)12(18)17-11-5-7(13(19)20-2)8(14)6-9(11)15/h5-6,10H,3-4,16H2,1-2H3,(H,17,18). The van der Waals surface area contributed by atoms with E-state index >= 15 is 0 Å². The van der Waals surface area contributed by atoms with Gasteiger partial charge in [-0.3, -0.25) is 4.79 Å². The Morgan fingerprint density at radius 2 is 2.00 bits per heavy atom. The van der Waals surface area contributed by atoms with Crippen LogP contribution < -0.4 is 11.1 Å². The highest BCUT2D eigenvalue weighted by molar-refractivity contribution is 5.97. The number of nitrogens with one attached hydrogen (secondary N) is 1. The second kappa shape index (κ2) is 6.95. The predicted octanol–water partition coefficient (Wildman–Crippen LogP) is 1.82. The van der Waals surface area contributed by atoms with Crippen LogP contribution >= 0.6 is 0 Å². The molecule has 0 spiro atoms. The molecule has 0 bridgehead atoms. The summed E-state index contributed by atoms with van der Waals surface area (Å²) >= 11 is 0. The van der Waals surface area contributed by atoms with Crippen LogP contribution in [0, 0.1) is 11.6 Å². The number of benzene rings is 1. The van der Waals surface area contributed by atoms with Crippen molar-refractivity contribution in [1.82, 2.24) is 0 Å². The Bertz CT molecular complexity index is 521. The first-order valence-electron chi connectivity index (χ1n) is 6.04. The van der Waals surface area contributed by atoms with E-state index in [4.69, 9.17) is 5.73 Å². The summed E-state index contributed by atoms with van der Waals surface area (Å²) in [5.74, 6) is -3.62. The van der Waals surface area contributed by atoms with E-state index in [1.165, 1.54) is 0 Å². The molecule has 0 fully saturated rings. The average molecular weight is 286 g/mol. The summed E-state index contributed by atoms with van der Waals surface area (Å²) in [4.78, 5) is 23.0. The molecule has 0 saturated heterocycles. The van der Waals surface area contributed by atoms with Gasteiger partial charge in [-0.1, -0.05) is 13.3 Å². The van der Waals surface area contributed by atoms with Crippen molar-refractivity contribution in [2.75, 3.05) is 12.4 Å². The highest BCUT2D eigenvalue weighted by atomic mass is 19.1. The molecule has 3 N–H and O–H groups in total. The minimum Gasteiger partial charge on any atom is -0.465 e. The van der Waals surface area contributed by atoms with E-state index in [0.717, 1.165) is 13.2 Å². The molecule has 0 heterocycles. The zero-order chi connectivity index (χ0) is 15.3. The maximum Gasteiger partial charge on any atom is 0.340 e. The van der Waals surface area contributed by atoms with Gasteiger partial charge in [0.25, 0.3) is 0 Å². The summed E-state index contributed by atoms with van der Waals surface area (Å²) in [6.07, 6.45) is 1.12. The third kappa shape index (κ3) is 3.74. The van der Waals surface area contributed by atoms with E-state index in [2.05, 4.69) is 10.1 Å². The van der Waals surface area contributed by atoms with Crippen LogP contribution in [-0.4, -0.2) is 25.0 Å². The predicted molar refractivity (Wildman–Crippen MR) is 69.2 cm³/mol. The van der Waals surface area contributed by atoms with Crippen molar-refractivity contribution >= 4 is 17.6 Å². The number of carbonyl (C=O) groups excluding carboxylic acids is 2. The van der Waals surface area contributed by atoms with Crippen LogP contribution in [-0.2, 0) is 9.53 Å². The SMILES string of the molecule is CCCC(N)C(=O)Nc1cc(C(=O)OC)c(F)cc1F. The van der Waals surface area contributed by atoms with Crippen molar-refractivity contribution in [3.05, 3.63) is 29.3 Å². The summed E-state index contributed by atoms with van der Waals surface area (Å²) in [6, 6.07) is 0.589. The van der Waals surface area contributed by atoms with Crippen LogP contribution in [0.3, 0.4) is 0 Å². The lowest BCUT2D eigenvalue weighted by Crippen LogP contribution is -2.35. The van der Waals surface area contributed by atoms with Gasteiger partial charge in [0.05, 0.1) is 24.4 Å². The number of nitrogens with two attached hydrogens (primary N) is 1. The zero-order valence-corrected chi connectivity index (χ0v) is 11.2. The summed E-state index contributed by atoms with van der Waals surface area (Å²) in [6.45, 7) is 1.85. The fourth-order valence-electron chi connectivity index (χ4n) is 1.58. The Morgan fingerprint density at radius 3 is 2.55 bits per heavy atom. The second-order valence-corrected chi connectivity index (χ2v) is 4.19. The molecule has 0 aliphatic rings. The summed E-state index contributed by atoms with van der Waals surface area (Å²) in [7, 11) is 1.07. The van der Waals surface area contributed by atoms with Crippen LogP contribution in [0.25, 0.3) is 0 Å². The van der Waals surface area contributed by atoms with E-state index in [0.29, 0.717) is 18.9 Å². The van der Waals surface area contributed by atoms with Gasteiger partial charge in [0.1, 0.15) is 11.6 Å². The Labute approximate surface area is 115 Å². The van der Waals surface area contributed by atoms with Gasteiger partial charge >= 0.3 is 5.97 Å². The second-order valence-electron chi connectivity index (χ2n) is 4.19. The zero-order valence-electron chi connectivity index (χ0n) is 11.2. The molecule has 20 heavy (non-hydrogen) atoms. The van der Waals surface area contributed by atoms with Crippen LogP contribution in [0.5, 0.6) is 0 Å². The number of anilines is 1. The first-order valence-corrected chi connectivity index (χ1v) is 6.04. The number of hydrogen-bond donors (Lipinski definition) is 2. The number of carbonyl (C=O) groups is 2. The highest BCUT2D eigenvalue weighted by Crippen LogP contribution is 2.20. The molecular weight excluding hydrogens is 270 g/mol. The fourth-order valence-corrected chi connectivity index (χ4v) is 1.58. The molecule has 1 aromatic carbocycles. The lowest BCUT2D eigenvalue weighted by Gasteiger charge is -2.13. The smallest absolute Gasteiger partial charge is 0.340 e. The Balaban J connectivity index is 3.01. The molecule has 5 nitrogen and oxygen atoms in total. The molecule has 110 valence electrons. The highest BCUT2D eigenvalue weighted by Gasteiger charge is 2.19. The van der Waals surface area contributed by atoms with Crippen molar-refractivity contribution < 1.29 is 23.1 Å². The normalized spacial score (nSPS) is 11.8. The Kier molecular flexibility index (Phi) is 5.57. The average Bonchev–Trinajstić information content (AvgIpc) is 2.41. The van der Waals surface area contributed by atoms with Crippen molar-refractivity contribution in [3.8, 4) is 0 Å². The first kappa shape index (κ1) is 16.0. The van der Waals surface area contributed by atoms with Gasteiger partial charge in [-0.25, -0.2) is 13.6 Å². The molecule has 1 unspecified atom stereocenters. The van der Waals surface area contributed by atoms with Gasteiger partial charge < -0.3 is 15.8 Å². The fraction of sp³-hybridized carbons (Fsp3) is 0.385. The molecule has 0 aliphatic carbocycles. The van der Waals surface area contributed by atoms with Crippen LogP contribution in [0.1, 0.15) is 30.1 Å². The number of esters is 1. The molecule has 1 aromatic rings. The van der Waals surface area contributed by atoms with Crippen molar-refractivity contribution in [3.63, 3.8) is 0 Å². The van der Waals surface area contributed by atoms with Gasteiger partial charge in [-0.15, -0.1) is 0 Å². The van der Waals surface area contributed by atoms with Crippen LogP contribution in [0.4, 0.5) is 14.5 Å². The largest absolute Gasteiger partial charge is 0.465 e. The van der Waals surface area contributed by atoms with Gasteiger partial charge in [0.2, 0.25) is 5.91 Å². The van der Waals surface area contributed by atoms with Crippen LogP contribution in [0.15, 0.2) is 12.1 Å². The molecule has 1 rings (SSSR count). The van der Waals surface area contributed by atoms with Crippen molar-refractivity contribution in [2.24, 2.45) is 5.73 Å². The molecule has 1 atom stereocenters. The molecule has 0 radical (unpaired) electrons. The maximum absolute atomic E-state index is 13.6. The maximum atomic E-state index is 13.6. The van der Waals surface area contributed by atoms with Gasteiger partial charge in [0, 0.05) is 6.07 Å². The van der Waals surface area contributed by atoms with E-state index in [1.807, 2.05) is 6.92 Å². The number of halogens is 2. The lowest BCUT2D eigenvalue weighted by molar-refractivity contribution is -0.117. The number of amides is 1. The van der Waals surface area contributed by atoms with E-state index in [9.17, 15) is 18.4 Å². The first-order chi connectivity index (χ1) is 9.40. The minimum absolute atomic E-state index is 0.316. The minimum atomic E-state index is -1.06. The van der Waals surface area contributed by atoms with E-state index in [-0.39, 0.29) is 5.69 Å². The lowest BCUT2D eigenvalue weighted by atomic mass is 10.1. The summed E-state index contributed by atoms with van der Waals surface area (Å²) in [5.41, 5.74) is 4.80. The number of methoxy groups -OCH3 is 1. The monoisotopic (exact) mass is 286 g/mol. The van der Waals surface area contributed by atoms with Gasteiger partial charge in [0.15, 0.2) is 0 Å². The van der Waals surface area contributed by atoms with E-state index < -0.39 is 35.1 Å². The molecule has 0 saturated carbocycles. The quantitative estimate of drug-likeness (QED) is 0.809. The van der Waals surface area contributed by atoms with Gasteiger partial charge in [-0.05, 0) is 12.5 Å². The number of hydrogen-bond acceptors (Lipinski definition) is 4. The van der Waals surface area contributed by atoms with Gasteiger partial charge in [-0.2, -0.15) is 0 Å². The summed E-state index contributed by atoms with van der Waals surface area (Å²) in [5, 5.41) is 2.23. The Hall–Kier alpha value is -2.02. The summed E-state index contributed by atoms with van der Waals surface area (Å²) < 4.78 is 31.3. The molecule has 1 amide bonds. The van der Waals surface area contributed by atoms with Crippen molar-refractivity contribution in [1.29, 1.82) is 0 Å².